The molecule has 23 heavy (non-hydrogen) atoms. The normalized spacial score (nSPS) is 10.3. The molecule has 0 aliphatic heterocycles. The summed E-state index contributed by atoms with van der Waals surface area (Å²) in [5.74, 6) is -1.07. The first-order chi connectivity index (χ1) is 11.0. The van der Waals surface area contributed by atoms with Gasteiger partial charge in [-0.05, 0) is 18.6 Å². The maximum atomic E-state index is 12.1. The molecule has 0 unspecified atom stereocenters. The summed E-state index contributed by atoms with van der Waals surface area (Å²) in [6, 6.07) is 7.84. The van der Waals surface area contributed by atoms with Crippen LogP contribution in [0.5, 0.6) is 0 Å². The van der Waals surface area contributed by atoms with Crippen molar-refractivity contribution in [2.45, 2.75) is 26.3 Å². The second-order valence-corrected chi connectivity index (χ2v) is 5.05. The Balaban J connectivity index is 2.11. The quantitative estimate of drug-likeness (QED) is 0.827. The molecule has 7 nitrogen and oxygen atoms in total. The minimum Gasteiger partial charge on any atom is -0.366 e. The molecule has 0 aliphatic carbocycles. The highest BCUT2D eigenvalue weighted by atomic mass is 16.2. The van der Waals surface area contributed by atoms with Gasteiger partial charge in [0.2, 0.25) is 5.91 Å². The molecule has 120 valence electrons. The number of aryl methyl sites for hydroxylation is 1. The van der Waals surface area contributed by atoms with E-state index in [0.717, 1.165) is 6.42 Å². The molecule has 0 radical (unpaired) electrons. The molecule has 0 spiro atoms. The standard InChI is InChI=1S/C16H18N4O3/c1-2-5-11-8-15(22)20(10-18-11)9-14(21)19-13-7-4-3-6-12(13)16(17)23/h3-4,6-8,10H,2,5,9H2,1H3,(H2,17,23)(H,19,21). The molecule has 0 bridgehead atoms. The minimum atomic E-state index is -0.636. The first-order valence-electron chi connectivity index (χ1n) is 7.25. The van der Waals surface area contributed by atoms with E-state index in [4.69, 9.17) is 5.73 Å². The fraction of sp³-hybridized carbons (Fsp3) is 0.250. The van der Waals surface area contributed by atoms with Gasteiger partial charge in [-0.15, -0.1) is 0 Å². The number of anilines is 1. The average molecular weight is 314 g/mol. The van der Waals surface area contributed by atoms with Gasteiger partial charge in [0.1, 0.15) is 6.54 Å². The van der Waals surface area contributed by atoms with Gasteiger partial charge < -0.3 is 11.1 Å². The lowest BCUT2D eigenvalue weighted by atomic mass is 10.1. The van der Waals surface area contributed by atoms with Crippen molar-refractivity contribution in [1.29, 1.82) is 0 Å². The van der Waals surface area contributed by atoms with Crippen molar-refractivity contribution in [3.8, 4) is 0 Å². The number of nitrogens with zero attached hydrogens (tertiary/aromatic N) is 2. The van der Waals surface area contributed by atoms with Crippen LogP contribution in [0.15, 0.2) is 41.5 Å². The number of carbonyl (C=O) groups is 2. The zero-order valence-corrected chi connectivity index (χ0v) is 12.8. The molecule has 1 heterocycles. The number of nitrogens with two attached hydrogens (primary N) is 1. The Morgan fingerprint density at radius 3 is 2.70 bits per heavy atom. The Morgan fingerprint density at radius 2 is 2.04 bits per heavy atom. The molecule has 0 fully saturated rings. The van der Waals surface area contributed by atoms with E-state index >= 15 is 0 Å². The van der Waals surface area contributed by atoms with Crippen LogP contribution < -0.4 is 16.6 Å². The lowest BCUT2D eigenvalue weighted by molar-refractivity contribution is -0.116. The van der Waals surface area contributed by atoms with Gasteiger partial charge in [0.05, 0.1) is 17.6 Å². The summed E-state index contributed by atoms with van der Waals surface area (Å²) in [5.41, 5.74) is 6.19. The van der Waals surface area contributed by atoms with Crippen LogP contribution in [-0.4, -0.2) is 21.4 Å². The van der Waals surface area contributed by atoms with E-state index in [-0.39, 0.29) is 17.7 Å². The summed E-state index contributed by atoms with van der Waals surface area (Å²) in [6.07, 6.45) is 2.96. The van der Waals surface area contributed by atoms with Gasteiger partial charge in [0.25, 0.3) is 11.5 Å². The van der Waals surface area contributed by atoms with Gasteiger partial charge in [-0.2, -0.15) is 0 Å². The van der Waals surface area contributed by atoms with E-state index in [1.54, 1.807) is 18.2 Å². The number of para-hydroxylation sites is 1. The maximum Gasteiger partial charge on any atom is 0.253 e. The first-order valence-corrected chi connectivity index (χ1v) is 7.25. The second-order valence-electron chi connectivity index (χ2n) is 5.05. The fourth-order valence-corrected chi connectivity index (χ4v) is 2.13. The van der Waals surface area contributed by atoms with E-state index in [1.165, 1.54) is 23.0 Å². The van der Waals surface area contributed by atoms with Crippen LogP contribution in [0.25, 0.3) is 0 Å². The smallest absolute Gasteiger partial charge is 0.253 e. The SMILES string of the molecule is CCCc1cc(=O)n(CC(=O)Nc2ccccc2C(N)=O)cn1. The summed E-state index contributed by atoms with van der Waals surface area (Å²) in [7, 11) is 0. The van der Waals surface area contributed by atoms with Gasteiger partial charge in [-0.3, -0.25) is 19.0 Å². The van der Waals surface area contributed by atoms with Crippen molar-refractivity contribution < 1.29 is 9.59 Å². The molecular formula is C16H18N4O3. The molecule has 3 N–H and O–H groups in total. The molecule has 2 aromatic rings. The van der Waals surface area contributed by atoms with E-state index in [2.05, 4.69) is 10.3 Å². The van der Waals surface area contributed by atoms with E-state index in [0.29, 0.717) is 17.8 Å². The van der Waals surface area contributed by atoms with Crippen LogP contribution in [0, 0.1) is 0 Å². The number of primary amides is 1. The second kappa shape index (κ2) is 7.35. The van der Waals surface area contributed by atoms with Crippen LogP contribution in [0.2, 0.25) is 0 Å². The maximum absolute atomic E-state index is 12.1. The predicted molar refractivity (Wildman–Crippen MR) is 86.1 cm³/mol. The molecule has 7 heteroatoms. The molecule has 0 saturated carbocycles. The predicted octanol–water partition coefficient (Wildman–Crippen LogP) is 0.933. The largest absolute Gasteiger partial charge is 0.366 e. The van der Waals surface area contributed by atoms with Crippen LogP contribution in [0.3, 0.4) is 0 Å². The van der Waals surface area contributed by atoms with Gasteiger partial charge in [0, 0.05) is 11.8 Å². The summed E-state index contributed by atoms with van der Waals surface area (Å²) in [5, 5.41) is 2.58. The average Bonchev–Trinajstić information content (AvgIpc) is 2.50. The lowest BCUT2D eigenvalue weighted by Crippen LogP contribution is -2.28. The van der Waals surface area contributed by atoms with Crippen LogP contribution in [-0.2, 0) is 17.8 Å². The Hall–Kier alpha value is -2.96. The molecule has 1 aromatic carbocycles. The summed E-state index contributed by atoms with van der Waals surface area (Å²) < 4.78 is 1.21. The third-order valence-electron chi connectivity index (χ3n) is 3.22. The monoisotopic (exact) mass is 314 g/mol. The highest BCUT2D eigenvalue weighted by Crippen LogP contribution is 2.14. The summed E-state index contributed by atoms with van der Waals surface area (Å²) >= 11 is 0. The number of benzene rings is 1. The van der Waals surface area contributed by atoms with Crippen molar-refractivity contribution in [3.05, 3.63) is 58.3 Å². The molecule has 2 rings (SSSR count). The molecule has 0 aliphatic rings. The van der Waals surface area contributed by atoms with Crippen molar-refractivity contribution >= 4 is 17.5 Å². The number of rotatable bonds is 6. The highest BCUT2D eigenvalue weighted by Gasteiger charge is 2.11. The topological polar surface area (TPSA) is 107 Å². The Bertz CT molecular complexity index is 783. The number of hydrogen-bond acceptors (Lipinski definition) is 4. The molecule has 1 aromatic heterocycles. The molecular weight excluding hydrogens is 296 g/mol. The van der Waals surface area contributed by atoms with Gasteiger partial charge in [0.15, 0.2) is 0 Å². The Labute approximate surface area is 133 Å². The Kier molecular flexibility index (Phi) is 5.24. The molecule has 0 atom stereocenters. The number of nitrogens with one attached hydrogen (secondary N) is 1. The van der Waals surface area contributed by atoms with Crippen molar-refractivity contribution in [2.75, 3.05) is 5.32 Å². The number of aromatic nitrogens is 2. The lowest BCUT2D eigenvalue weighted by Gasteiger charge is -2.10. The van der Waals surface area contributed by atoms with Gasteiger partial charge >= 0.3 is 0 Å². The zero-order valence-electron chi connectivity index (χ0n) is 12.8. The molecule has 2 amide bonds. The fourth-order valence-electron chi connectivity index (χ4n) is 2.13. The molecule has 0 saturated heterocycles. The van der Waals surface area contributed by atoms with E-state index in [9.17, 15) is 14.4 Å². The van der Waals surface area contributed by atoms with Crippen LogP contribution >= 0.6 is 0 Å². The van der Waals surface area contributed by atoms with Crippen molar-refractivity contribution in [3.63, 3.8) is 0 Å². The highest BCUT2D eigenvalue weighted by molar-refractivity contribution is 6.02. The van der Waals surface area contributed by atoms with Crippen LogP contribution in [0.1, 0.15) is 29.4 Å². The third kappa shape index (κ3) is 4.26. The summed E-state index contributed by atoms with van der Waals surface area (Å²) in [6.45, 7) is 1.81. The number of hydrogen-bond donors (Lipinski definition) is 2. The van der Waals surface area contributed by atoms with Crippen LogP contribution in [0.4, 0.5) is 5.69 Å². The first kappa shape index (κ1) is 16.4. The van der Waals surface area contributed by atoms with E-state index in [1.807, 2.05) is 6.92 Å². The van der Waals surface area contributed by atoms with E-state index < -0.39 is 11.8 Å². The summed E-state index contributed by atoms with van der Waals surface area (Å²) in [4.78, 5) is 39.5. The van der Waals surface area contributed by atoms with Crippen molar-refractivity contribution in [2.24, 2.45) is 5.73 Å². The number of amides is 2. The zero-order chi connectivity index (χ0) is 16.8. The minimum absolute atomic E-state index is 0.189. The van der Waals surface area contributed by atoms with Gasteiger partial charge in [-0.1, -0.05) is 25.5 Å². The Morgan fingerprint density at radius 1 is 1.30 bits per heavy atom. The van der Waals surface area contributed by atoms with Gasteiger partial charge in [-0.25, -0.2) is 4.98 Å². The number of carbonyl (C=O) groups excluding carboxylic acids is 2. The van der Waals surface area contributed by atoms with Crippen molar-refractivity contribution in [1.82, 2.24) is 9.55 Å². The third-order valence-corrected chi connectivity index (χ3v) is 3.22.